The molecule has 2 fully saturated rings. The number of piperidine rings is 1. The Morgan fingerprint density at radius 2 is 1.97 bits per heavy atom. The number of nitrogens with zero attached hydrogens (tertiary/aromatic N) is 1. The monoisotopic (exact) mass is 415 g/mol. The van der Waals surface area contributed by atoms with E-state index in [0.717, 1.165) is 44.5 Å². The summed E-state index contributed by atoms with van der Waals surface area (Å²) in [6.45, 7) is 8.68. The summed E-state index contributed by atoms with van der Waals surface area (Å²) >= 11 is 0. The van der Waals surface area contributed by atoms with Crippen LogP contribution in [0.1, 0.15) is 68.2 Å². The van der Waals surface area contributed by atoms with E-state index in [1.54, 1.807) is 0 Å². The lowest BCUT2D eigenvalue weighted by Crippen LogP contribution is -2.29. The Balaban J connectivity index is 1.41. The minimum absolute atomic E-state index is 0.232. The topological polar surface area (TPSA) is 57.8 Å². The highest BCUT2D eigenvalue weighted by Crippen LogP contribution is 2.50. The predicted molar refractivity (Wildman–Crippen MR) is 126 cm³/mol. The van der Waals surface area contributed by atoms with Crippen LogP contribution in [-0.2, 0) is 4.79 Å². The number of Topliss-reactive ketones (excluding diaryl/α,β-unsaturated/α-hetero) is 1. The average Bonchev–Trinajstić information content (AvgIpc) is 3.47. The van der Waals surface area contributed by atoms with Gasteiger partial charge in [-0.25, -0.2) is 0 Å². The fraction of sp³-hybridized carbons (Fsp3) is 0.481. The van der Waals surface area contributed by atoms with Crippen molar-refractivity contribution in [2.75, 3.05) is 13.1 Å². The maximum absolute atomic E-state index is 12.9. The summed E-state index contributed by atoms with van der Waals surface area (Å²) in [5, 5.41) is 4.70. The first-order valence-electron chi connectivity index (χ1n) is 11.8. The lowest BCUT2D eigenvalue weighted by Gasteiger charge is -2.21. The molecule has 1 aromatic carbocycles. The van der Waals surface area contributed by atoms with Crippen molar-refractivity contribution in [2.45, 2.75) is 58.3 Å². The summed E-state index contributed by atoms with van der Waals surface area (Å²) in [4.78, 5) is 20.9. The summed E-state index contributed by atoms with van der Waals surface area (Å²) in [7, 11) is 0. The Morgan fingerprint density at radius 3 is 2.71 bits per heavy atom. The van der Waals surface area contributed by atoms with Crippen molar-refractivity contribution >= 4 is 16.7 Å². The number of fused-ring (bicyclic) bond motifs is 1. The molecule has 0 spiro atoms. The minimum atomic E-state index is 0.232. The van der Waals surface area contributed by atoms with Gasteiger partial charge in [0.2, 0.25) is 0 Å². The Hall–Kier alpha value is -2.46. The summed E-state index contributed by atoms with van der Waals surface area (Å²) in [5.74, 6) is 2.12. The van der Waals surface area contributed by atoms with Gasteiger partial charge in [-0.15, -0.1) is 0 Å². The van der Waals surface area contributed by atoms with Crippen molar-refractivity contribution in [2.24, 2.45) is 11.8 Å². The third-order valence-corrected chi connectivity index (χ3v) is 7.21. The molecule has 4 nitrogen and oxygen atoms in total. The predicted octanol–water partition coefficient (Wildman–Crippen LogP) is 5.72. The highest BCUT2D eigenvalue weighted by atomic mass is 16.1. The summed E-state index contributed by atoms with van der Waals surface area (Å²) in [6, 6.07) is 11.0. The number of ketones is 1. The van der Waals surface area contributed by atoms with Gasteiger partial charge in [0.05, 0.1) is 5.69 Å². The van der Waals surface area contributed by atoms with E-state index >= 15 is 0 Å². The quantitative estimate of drug-likeness (QED) is 0.541. The van der Waals surface area contributed by atoms with Crippen LogP contribution in [0.25, 0.3) is 22.2 Å². The molecule has 31 heavy (non-hydrogen) atoms. The Bertz CT molecular complexity index is 1110. The van der Waals surface area contributed by atoms with Crippen molar-refractivity contribution in [3.05, 3.63) is 53.3 Å². The Kier molecular flexibility index (Phi) is 5.43. The number of rotatable bonds is 6. The van der Waals surface area contributed by atoms with Crippen LogP contribution in [0.2, 0.25) is 0 Å². The van der Waals surface area contributed by atoms with E-state index in [2.05, 4.69) is 59.5 Å². The van der Waals surface area contributed by atoms with Gasteiger partial charge >= 0.3 is 0 Å². The first kappa shape index (κ1) is 20.4. The lowest BCUT2D eigenvalue weighted by atomic mass is 9.90. The van der Waals surface area contributed by atoms with Crippen LogP contribution in [-0.4, -0.2) is 28.8 Å². The van der Waals surface area contributed by atoms with Crippen LogP contribution in [0.3, 0.4) is 0 Å². The zero-order valence-electron chi connectivity index (χ0n) is 18.9. The van der Waals surface area contributed by atoms with Crippen LogP contribution in [0, 0.1) is 18.8 Å². The Morgan fingerprint density at radius 1 is 1.16 bits per heavy atom. The number of hydrogen-bond donors (Lipinski definition) is 2. The van der Waals surface area contributed by atoms with Gasteiger partial charge in [0.1, 0.15) is 5.78 Å². The van der Waals surface area contributed by atoms with E-state index in [-0.39, 0.29) is 5.92 Å². The highest BCUT2D eigenvalue weighted by molar-refractivity contribution is 5.92. The van der Waals surface area contributed by atoms with Crippen molar-refractivity contribution in [3.63, 3.8) is 0 Å². The molecular formula is C27H33N3O. The van der Waals surface area contributed by atoms with E-state index < -0.39 is 0 Å². The molecule has 162 valence electrons. The van der Waals surface area contributed by atoms with E-state index in [9.17, 15) is 4.79 Å². The highest BCUT2D eigenvalue weighted by Gasteiger charge is 2.44. The van der Waals surface area contributed by atoms with Crippen molar-refractivity contribution in [3.8, 4) is 11.3 Å². The molecule has 2 N–H and O–H groups in total. The van der Waals surface area contributed by atoms with Gasteiger partial charge in [0.15, 0.2) is 0 Å². The number of nitrogens with one attached hydrogen (secondary N) is 2. The Labute approximate surface area is 184 Å². The molecule has 1 aliphatic carbocycles. The zero-order valence-corrected chi connectivity index (χ0v) is 18.9. The molecule has 0 unspecified atom stereocenters. The molecule has 0 radical (unpaired) electrons. The maximum Gasteiger partial charge on any atom is 0.136 e. The summed E-state index contributed by atoms with van der Waals surface area (Å²) in [6.07, 6.45) is 5.97. The number of carbonyl (C=O) groups is 1. The molecule has 0 amide bonds. The number of H-pyrrole nitrogens is 1. The van der Waals surface area contributed by atoms with Gasteiger partial charge in [0.25, 0.3) is 0 Å². The van der Waals surface area contributed by atoms with Gasteiger partial charge in [-0.3, -0.25) is 9.78 Å². The molecule has 3 heterocycles. The number of carbonyl (C=O) groups excluding carboxylic acids is 1. The van der Waals surface area contributed by atoms with Crippen LogP contribution >= 0.6 is 0 Å². The summed E-state index contributed by atoms with van der Waals surface area (Å²) in [5.41, 5.74) is 7.28. The van der Waals surface area contributed by atoms with E-state index in [0.29, 0.717) is 23.5 Å². The smallest absolute Gasteiger partial charge is 0.136 e. The molecule has 3 aromatic rings. The largest absolute Gasteiger partial charge is 0.354 e. The molecule has 1 saturated carbocycles. The second-order valence-corrected chi connectivity index (χ2v) is 9.87. The third kappa shape index (κ3) is 4.06. The fourth-order valence-electron chi connectivity index (χ4n) is 5.43. The molecule has 0 bridgehead atoms. The van der Waals surface area contributed by atoms with Crippen molar-refractivity contribution < 1.29 is 4.79 Å². The number of hydrogen-bond acceptors (Lipinski definition) is 3. The second kappa shape index (κ2) is 8.23. The van der Waals surface area contributed by atoms with Gasteiger partial charge < -0.3 is 10.3 Å². The second-order valence-electron chi connectivity index (χ2n) is 9.87. The maximum atomic E-state index is 12.9. The molecule has 1 aliphatic heterocycles. The number of aryl methyl sites for hydroxylation is 1. The molecule has 2 aliphatic rings. The zero-order chi connectivity index (χ0) is 21.5. The number of pyridine rings is 1. The molecule has 2 atom stereocenters. The number of benzene rings is 1. The third-order valence-electron chi connectivity index (χ3n) is 7.21. The van der Waals surface area contributed by atoms with Crippen molar-refractivity contribution in [1.82, 2.24) is 15.3 Å². The lowest BCUT2D eigenvalue weighted by molar-refractivity contribution is -0.121. The van der Waals surface area contributed by atoms with Crippen molar-refractivity contribution in [1.29, 1.82) is 0 Å². The van der Waals surface area contributed by atoms with Gasteiger partial charge in [-0.2, -0.15) is 0 Å². The number of aromatic nitrogens is 2. The van der Waals surface area contributed by atoms with Crippen LogP contribution in [0.5, 0.6) is 0 Å². The van der Waals surface area contributed by atoms with E-state index in [1.807, 2.05) is 13.1 Å². The van der Waals surface area contributed by atoms with Crippen LogP contribution in [0.4, 0.5) is 0 Å². The fourth-order valence-corrected chi connectivity index (χ4v) is 5.43. The standard InChI is InChI=1S/C27H33N3O/c1-16(2)26-23-14-19(21-15-22(21)25(31)13-18-6-9-28-10-7-18)4-5-24(23)30-27(26)20-8-11-29-17(3)12-20/h4-5,8,11-12,14,16,18,21-22,28,30H,6-7,9-10,13,15H2,1-3H3/t21-,22-/m1/s1. The first-order valence-corrected chi connectivity index (χ1v) is 11.8. The molecule has 1 saturated heterocycles. The molecule has 5 rings (SSSR count). The molecule has 2 aromatic heterocycles. The van der Waals surface area contributed by atoms with E-state index in [4.69, 9.17) is 0 Å². The van der Waals surface area contributed by atoms with E-state index in [1.165, 1.54) is 33.3 Å². The minimum Gasteiger partial charge on any atom is -0.354 e. The van der Waals surface area contributed by atoms with Gasteiger partial charge in [-0.05, 0) is 92.4 Å². The summed E-state index contributed by atoms with van der Waals surface area (Å²) < 4.78 is 0. The first-order chi connectivity index (χ1) is 15.0. The normalized spacial score (nSPS) is 21.7. The van der Waals surface area contributed by atoms with Gasteiger partial charge in [-0.1, -0.05) is 19.9 Å². The molecule has 4 heteroatoms. The van der Waals surface area contributed by atoms with Gasteiger partial charge in [0, 0.05) is 40.7 Å². The van der Waals surface area contributed by atoms with Crippen LogP contribution in [0.15, 0.2) is 36.5 Å². The van der Waals surface area contributed by atoms with Crippen LogP contribution < -0.4 is 5.32 Å². The average molecular weight is 416 g/mol. The molecular weight excluding hydrogens is 382 g/mol. The number of aromatic amines is 1. The SMILES string of the molecule is Cc1cc(-c2[nH]c3ccc([C@H]4C[C@H]4C(=O)CC4CCNCC4)cc3c2C(C)C)ccn1.